The predicted octanol–water partition coefficient (Wildman–Crippen LogP) is 3.55. The molecule has 1 aromatic carbocycles. The second-order valence-corrected chi connectivity index (χ2v) is 7.13. The van der Waals surface area contributed by atoms with Crippen LogP contribution in [0.4, 0.5) is 5.95 Å². The average Bonchev–Trinajstić information content (AvgIpc) is 3.24. The molecule has 0 aliphatic heterocycles. The van der Waals surface area contributed by atoms with E-state index < -0.39 is 0 Å². The molecule has 0 fully saturated rings. The zero-order valence-corrected chi connectivity index (χ0v) is 16.5. The maximum absolute atomic E-state index is 12.6. The van der Waals surface area contributed by atoms with Gasteiger partial charge in [0.1, 0.15) is 11.9 Å². The average molecular weight is 416 g/mol. The van der Waals surface area contributed by atoms with Crippen LogP contribution in [0.2, 0.25) is 10.0 Å². The Morgan fingerprint density at radius 3 is 2.82 bits per heavy atom. The van der Waals surface area contributed by atoms with Gasteiger partial charge in [-0.05, 0) is 37.6 Å². The van der Waals surface area contributed by atoms with Crippen LogP contribution in [0.25, 0.3) is 5.65 Å². The number of carbonyl (C=O) groups is 1. The third-order valence-corrected chi connectivity index (χ3v) is 4.72. The Kier molecular flexibility index (Phi) is 4.74. The quantitative estimate of drug-likeness (QED) is 0.550. The lowest BCUT2D eigenvalue weighted by atomic mass is 10.2. The van der Waals surface area contributed by atoms with E-state index in [0.717, 1.165) is 17.0 Å². The van der Waals surface area contributed by atoms with E-state index in [-0.39, 0.29) is 11.9 Å². The minimum Gasteiger partial charge on any atom is -0.289 e. The lowest BCUT2D eigenvalue weighted by molar-refractivity contribution is 0.102. The number of nitrogens with zero attached hydrogens (tertiary/aromatic N) is 6. The first-order chi connectivity index (χ1) is 13.4. The van der Waals surface area contributed by atoms with E-state index in [2.05, 4.69) is 25.5 Å². The summed E-state index contributed by atoms with van der Waals surface area (Å²) < 4.78 is 3.20. The summed E-state index contributed by atoms with van der Waals surface area (Å²) in [6.45, 7) is 4.17. The molecule has 8 nitrogen and oxygen atoms in total. The second-order valence-electron chi connectivity index (χ2n) is 6.29. The van der Waals surface area contributed by atoms with Gasteiger partial charge in [-0.1, -0.05) is 29.3 Å². The molecule has 28 heavy (non-hydrogen) atoms. The van der Waals surface area contributed by atoms with Crippen molar-refractivity contribution in [2.45, 2.75) is 20.4 Å². The number of hydrogen-bond acceptors (Lipinski definition) is 5. The van der Waals surface area contributed by atoms with Gasteiger partial charge in [-0.25, -0.2) is 19.2 Å². The van der Waals surface area contributed by atoms with Gasteiger partial charge in [0.15, 0.2) is 5.65 Å². The molecule has 0 spiro atoms. The summed E-state index contributed by atoms with van der Waals surface area (Å²) in [5.74, 6) is -0.200. The van der Waals surface area contributed by atoms with Crippen molar-refractivity contribution in [1.29, 1.82) is 0 Å². The molecule has 142 valence electrons. The van der Waals surface area contributed by atoms with Crippen molar-refractivity contribution < 1.29 is 4.79 Å². The Hall–Kier alpha value is -2.97. The molecular weight excluding hydrogens is 401 g/mol. The topological polar surface area (TPSA) is 90.0 Å². The summed E-state index contributed by atoms with van der Waals surface area (Å²) in [6.07, 6.45) is 3.00. The Bertz CT molecular complexity index is 1200. The van der Waals surface area contributed by atoms with E-state index in [9.17, 15) is 4.79 Å². The molecule has 4 aromatic rings. The molecule has 3 heterocycles. The van der Waals surface area contributed by atoms with Crippen LogP contribution in [0.3, 0.4) is 0 Å². The molecule has 0 bridgehead atoms. The number of amides is 1. The highest BCUT2D eigenvalue weighted by molar-refractivity contribution is 6.35. The molecule has 0 aliphatic rings. The monoisotopic (exact) mass is 415 g/mol. The first kappa shape index (κ1) is 18.4. The summed E-state index contributed by atoms with van der Waals surface area (Å²) in [5, 5.41) is 12.3. The van der Waals surface area contributed by atoms with E-state index in [1.165, 1.54) is 12.5 Å². The summed E-state index contributed by atoms with van der Waals surface area (Å²) in [6, 6.07) is 7.14. The third kappa shape index (κ3) is 3.56. The van der Waals surface area contributed by atoms with Crippen molar-refractivity contribution in [3.8, 4) is 0 Å². The van der Waals surface area contributed by atoms with E-state index in [1.54, 1.807) is 21.3 Å². The normalized spacial score (nSPS) is 11.1. The van der Waals surface area contributed by atoms with Crippen LogP contribution in [-0.2, 0) is 6.54 Å². The maximum Gasteiger partial charge on any atom is 0.263 e. The van der Waals surface area contributed by atoms with Gasteiger partial charge in [-0.3, -0.25) is 10.1 Å². The SMILES string of the molecule is Cc1cc(C)n2ncc(C(=O)Nc3ncn(Cc4ccc(Cl)cc4Cl)n3)c2n1. The number of carbonyl (C=O) groups excluding carboxylic acids is 1. The fourth-order valence-corrected chi connectivity index (χ4v) is 3.32. The number of aryl methyl sites for hydroxylation is 2. The summed E-state index contributed by atoms with van der Waals surface area (Å²) in [7, 11) is 0. The maximum atomic E-state index is 12.6. The van der Waals surface area contributed by atoms with E-state index >= 15 is 0 Å². The van der Waals surface area contributed by atoms with Gasteiger partial charge in [0.2, 0.25) is 5.95 Å². The summed E-state index contributed by atoms with van der Waals surface area (Å²) in [5.41, 5.74) is 3.38. The molecular formula is C18H15Cl2N7O. The fourth-order valence-electron chi connectivity index (χ4n) is 2.85. The van der Waals surface area contributed by atoms with Crippen molar-refractivity contribution in [1.82, 2.24) is 29.4 Å². The molecule has 1 amide bonds. The highest BCUT2D eigenvalue weighted by atomic mass is 35.5. The first-order valence-corrected chi connectivity index (χ1v) is 9.13. The van der Waals surface area contributed by atoms with E-state index in [4.69, 9.17) is 23.2 Å². The Balaban J connectivity index is 1.53. The minimum atomic E-state index is -0.380. The number of benzene rings is 1. The zero-order valence-electron chi connectivity index (χ0n) is 15.0. The van der Waals surface area contributed by atoms with Crippen molar-refractivity contribution in [2.75, 3.05) is 5.32 Å². The lowest BCUT2D eigenvalue weighted by Crippen LogP contribution is -2.14. The van der Waals surface area contributed by atoms with Gasteiger partial charge in [0, 0.05) is 21.4 Å². The number of aromatic nitrogens is 6. The molecule has 10 heteroatoms. The van der Waals surface area contributed by atoms with Crippen LogP contribution in [-0.4, -0.2) is 35.3 Å². The molecule has 1 N–H and O–H groups in total. The third-order valence-electron chi connectivity index (χ3n) is 4.13. The molecule has 0 radical (unpaired) electrons. The van der Waals surface area contributed by atoms with Crippen molar-refractivity contribution in [3.63, 3.8) is 0 Å². The van der Waals surface area contributed by atoms with Gasteiger partial charge >= 0.3 is 0 Å². The standard InChI is InChI=1S/C18H15Cl2N7O/c1-10-5-11(2)27-16(23-10)14(7-22-27)17(28)24-18-21-9-26(25-18)8-12-3-4-13(19)6-15(12)20/h3-7,9H,8H2,1-2H3,(H,24,25,28). The number of hydrogen-bond donors (Lipinski definition) is 1. The molecule has 3 aromatic heterocycles. The summed E-state index contributed by atoms with van der Waals surface area (Å²) in [4.78, 5) is 21.2. The van der Waals surface area contributed by atoms with Gasteiger partial charge in [0.05, 0.1) is 12.7 Å². The summed E-state index contributed by atoms with van der Waals surface area (Å²) >= 11 is 12.1. The van der Waals surface area contributed by atoms with Crippen LogP contribution < -0.4 is 5.32 Å². The number of rotatable bonds is 4. The van der Waals surface area contributed by atoms with Gasteiger partial charge in [-0.15, -0.1) is 5.10 Å². The Morgan fingerprint density at radius 2 is 2.04 bits per heavy atom. The van der Waals surface area contributed by atoms with Gasteiger partial charge in [0.25, 0.3) is 5.91 Å². The van der Waals surface area contributed by atoms with Crippen molar-refractivity contribution in [3.05, 3.63) is 69.3 Å². The zero-order chi connectivity index (χ0) is 19.8. The predicted molar refractivity (Wildman–Crippen MR) is 106 cm³/mol. The Labute approximate surface area is 170 Å². The molecule has 0 atom stereocenters. The molecule has 0 unspecified atom stereocenters. The van der Waals surface area contributed by atoms with E-state index in [0.29, 0.717) is 27.8 Å². The number of fused-ring (bicyclic) bond motifs is 1. The van der Waals surface area contributed by atoms with Crippen LogP contribution in [0.1, 0.15) is 27.3 Å². The smallest absolute Gasteiger partial charge is 0.263 e. The molecule has 0 saturated heterocycles. The van der Waals surface area contributed by atoms with Gasteiger partial charge < -0.3 is 0 Å². The Morgan fingerprint density at radius 1 is 1.21 bits per heavy atom. The molecule has 4 rings (SSSR count). The van der Waals surface area contributed by atoms with Crippen LogP contribution in [0, 0.1) is 13.8 Å². The number of nitrogens with one attached hydrogen (secondary N) is 1. The van der Waals surface area contributed by atoms with Crippen LogP contribution in [0.5, 0.6) is 0 Å². The highest BCUT2D eigenvalue weighted by Gasteiger charge is 2.17. The van der Waals surface area contributed by atoms with E-state index in [1.807, 2.05) is 26.0 Å². The fraction of sp³-hybridized carbons (Fsp3) is 0.167. The minimum absolute atomic E-state index is 0.179. The van der Waals surface area contributed by atoms with Gasteiger partial charge in [-0.2, -0.15) is 5.10 Å². The second kappa shape index (κ2) is 7.21. The highest BCUT2D eigenvalue weighted by Crippen LogP contribution is 2.21. The van der Waals surface area contributed by atoms with Crippen molar-refractivity contribution in [2.24, 2.45) is 0 Å². The number of anilines is 1. The number of halogens is 2. The first-order valence-electron chi connectivity index (χ1n) is 8.37. The molecule has 0 saturated carbocycles. The van der Waals surface area contributed by atoms with Crippen molar-refractivity contribution >= 4 is 40.7 Å². The molecule has 0 aliphatic carbocycles. The lowest BCUT2D eigenvalue weighted by Gasteiger charge is -2.04. The largest absolute Gasteiger partial charge is 0.289 e. The van der Waals surface area contributed by atoms with Crippen LogP contribution >= 0.6 is 23.2 Å². The van der Waals surface area contributed by atoms with Crippen LogP contribution in [0.15, 0.2) is 36.8 Å².